The van der Waals surface area contributed by atoms with Crippen LogP contribution >= 0.6 is 0 Å². The Hall–Kier alpha value is 0. The van der Waals surface area contributed by atoms with Gasteiger partial charge in [0.05, 0.1) is 0 Å². The minimum atomic E-state index is 0.623. The fourth-order valence-corrected chi connectivity index (χ4v) is 2.85. The molecule has 0 N–H and O–H groups in total. The molecule has 0 aromatic carbocycles. The van der Waals surface area contributed by atoms with Gasteiger partial charge in [0, 0.05) is 0 Å². The fraction of sp³-hybridized carbons (Fsp3) is 1.00. The highest BCUT2D eigenvalue weighted by molar-refractivity contribution is 4.81. The lowest BCUT2D eigenvalue weighted by Crippen LogP contribution is -2.27. The number of rotatable bonds is 1. The van der Waals surface area contributed by atoms with Gasteiger partial charge in [-0.15, -0.1) is 0 Å². The SMILES string of the molecule is CC[C@H]1C[C@H](C)CC(C)(C)C1. The minimum absolute atomic E-state index is 0.623. The molecule has 0 heterocycles. The van der Waals surface area contributed by atoms with Gasteiger partial charge in [-0.3, -0.25) is 0 Å². The summed E-state index contributed by atoms with van der Waals surface area (Å²) in [6.45, 7) is 9.58. The van der Waals surface area contributed by atoms with Crippen LogP contribution in [0.25, 0.3) is 0 Å². The summed E-state index contributed by atoms with van der Waals surface area (Å²) in [5.74, 6) is 1.97. The van der Waals surface area contributed by atoms with E-state index in [0.29, 0.717) is 5.41 Å². The molecule has 0 aromatic heterocycles. The average Bonchev–Trinajstić information content (AvgIpc) is 1.83. The van der Waals surface area contributed by atoms with Crippen molar-refractivity contribution in [3.63, 3.8) is 0 Å². The van der Waals surface area contributed by atoms with Gasteiger partial charge in [-0.05, 0) is 36.5 Å². The van der Waals surface area contributed by atoms with Crippen molar-refractivity contribution in [3.05, 3.63) is 0 Å². The molecule has 1 fully saturated rings. The van der Waals surface area contributed by atoms with Crippen molar-refractivity contribution >= 4 is 0 Å². The molecule has 1 rings (SSSR count). The zero-order valence-electron chi connectivity index (χ0n) is 8.48. The van der Waals surface area contributed by atoms with Crippen molar-refractivity contribution in [2.45, 2.75) is 53.4 Å². The van der Waals surface area contributed by atoms with Gasteiger partial charge in [-0.2, -0.15) is 0 Å². The minimum Gasteiger partial charge on any atom is -0.0651 e. The molecular weight excluding hydrogens is 132 g/mol. The van der Waals surface area contributed by atoms with E-state index >= 15 is 0 Å². The maximum atomic E-state index is 2.42. The van der Waals surface area contributed by atoms with Crippen molar-refractivity contribution in [1.29, 1.82) is 0 Å². The summed E-state index contributed by atoms with van der Waals surface area (Å²) >= 11 is 0. The molecule has 11 heavy (non-hydrogen) atoms. The molecule has 1 aliphatic rings. The standard InChI is InChI=1S/C11H22/c1-5-10-6-9(2)7-11(3,4)8-10/h9-10H,5-8H2,1-4H3/t9-,10-/m0/s1. The topological polar surface area (TPSA) is 0 Å². The molecule has 0 unspecified atom stereocenters. The lowest BCUT2D eigenvalue weighted by Gasteiger charge is -2.38. The first-order chi connectivity index (χ1) is 5.03. The molecule has 0 bridgehead atoms. The van der Waals surface area contributed by atoms with Crippen molar-refractivity contribution in [2.24, 2.45) is 17.3 Å². The molecular formula is C11H22. The lowest BCUT2D eigenvalue weighted by atomic mass is 9.67. The second-order valence-corrected chi connectivity index (χ2v) is 5.19. The van der Waals surface area contributed by atoms with Crippen LogP contribution in [0.15, 0.2) is 0 Å². The van der Waals surface area contributed by atoms with E-state index in [9.17, 15) is 0 Å². The summed E-state index contributed by atoms with van der Waals surface area (Å²) in [6.07, 6.45) is 5.74. The molecule has 0 spiro atoms. The summed E-state index contributed by atoms with van der Waals surface area (Å²) in [5, 5.41) is 0. The van der Waals surface area contributed by atoms with Gasteiger partial charge in [0.2, 0.25) is 0 Å². The fourth-order valence-electron chi connectivity index (χ4n) is 2.85. The van der Waals surface area contributed by atoms with Crippen LogP contribution in [-0.2, 0) is 0 Å². The van der Waals surface area contributed by atoms with Crippen LogP contribution in [0.2, 0.25) is 0 Å². The van der Waals surface area contributed by atoms with Crippen LogP contribution in [0.3, 0.4) is 0 Å². The van der Waals surface area contributed by atoms with E-state index in [-0.39, 0.29) is 0 Å². The normalized spacial score (nSPS) is 37.1. The first-order valence-electron chi connectivity index (χ1n) is 5.03. The third-order valence-electron chi connectivity index (χ3n) is 3.06. The maximum absolute atomic E-state index is 2.42. The quantitative estimate of drug-likeness (QED) is 0.538. The van der Waals surface area contributed by atoms with E-state index in [1.165, 1.54) is 25.7 Å². The Morgan fingerprint density at radius 3 is 2.36 bits per heavy atom. The van der Waals surface area contributed by atoms with Gasteiger partial charge < -0.3 is 0 Å². The first-order valence-corrected chi connectivity index (χ1v) is 5.03. The number of hydrogen-bond acceptors (Lipinski definition) is 0. The van der Waals surface area contributed by atoms with Gasteiger partial charge >= 0.3 is 0 Å². The zero-order chi connectivity index (χ0) is 8.48. The molecule has 2 atom stereocenters. The molecule has 0 amide bonds. The largest absolute Gasteiger partial charge is 0.0651 e. The van der Waals surface area contributed by atoms with Crippen LogP contribution in [0.1, 0.15) is 53.4 Å². The first kappa shape index (κ1) is 9.09. The van der Waals surface area contributed by atoms with Crippen LogP contribution in [-0.4, -0.2) is 0 Å². The Morgan fingerprint density at radius 2 is 1.91 bits per heavy atom. The molecule has 1 saturated carbocycles. The van der Waals surface area contributed by atoms with Crippen molar-refractivity contribution in [2.75, 3.05) is 0 Å². The van der Waals surface area contributed by atoms with Gasteiger partial charge in [-0.1, -0.05) is 34.1 Å². The van der Waals surface area contributed by atoms with E-state index < -0.39 is 0 Å². The Labute approximate surface area is 71.4 Å². The van der Waals surface area contributed by atoms with Crippen LogP contribution < -0.4 is 0 Å². The molecule has 0 heteroatoms. The van der Waals surface area contributed by atoms with E-state index in [1.54, 1.807) is 0 Å². The third-order valence-corrected chi connectivity index (χ3v) is 3.06. The molecule has 66 valence electrons. The highest BCUT2D eigenvalue weighted by atomic mass is 14.4. The Morgan fingerprint density at radius 1 is 1.27 bits per heavy atom. The van der Waals surface area contributed by atoms with Crippen molar-refractivity contribution in [1.82, 2.24) is 0 Å². The second kappa shape index (κ2) is 3.16. The Bertz CT molecular complexity index is 124. The van der Waals surface area contributed by atoms with Gasteiger partial charge in [0.25, 0.3) is 0 Å². The predicted octanol–water partition coefficient (Wildman–Crippen LogP) is 3.86. The van der Waals surface area contributed by atoms with Crippen molar-refractivity contribution in [3.8, 4) is 0 Å². The highest BCUT2D eigenvalue weighted by Crippen LogP contribution is 2.42. The lowest BCUT2D eigenvalue weighted by molar-refractivity contribution is 0.130. The summed E-state index contributed by atoms with van der Waals surface area (Å²) in [6, 6.07) is 0. The van der Waals surface area contributed by atoms with Gasteiger partial charge in [-0.25, -0.2) is 0 Å². The highest BCUT2D eigenvalue weighted by Gasteiger charge is 2.30. The smallest absolute Gasteiger partial charge is 0.0349 e. The Balaban J connectivity index is 2.51. The van der Waals surface area contributed by atoms with Crippen LogP contribution in [0.4, 0.5) is 0 Å². The van der Waals surface area contributed by atoms with Crippen LogP contribution in [0.5, 0.6) is 0 Å². The summed E-state index contributed by atoms with van der Waals surface area (Å²) in [7, 11) is 0. The maximum Gasteiger partial charge on any atom is -0.0349 e. The van der Waals surface area contributed by atoms with E-state index in [0.717, 1.165) is 11.8 Å². The predicted molar refractivity (Wildman–Crippen MR) is 50.6 cm³/mol. The molecule has 0 aromatic rings. The summed E-state index contributed by atoms with van der Waals surface area (Å²) in [5.41, 5.74) is 0.623. The van der Waals surface area contributed by atoms with E-state index in [2.05, 4.69) is 27.7 Å². The van der Waals surface area contributed by atoms with E-state index in [1.807, 2.05) is 0 Å². The zero-order valence-corrected chi connectivity index (χ0v) is 8.48. The van der Waals surface area contributed by atoms with Crippen LogP contribution in [0, 0.1) is 17.3 Å². The molecule has 0 saturated heterocycles. The Kier molecular flexibility index (Phi) is 2.61. The average molecular weight is 154 g/mol. The molecule has 0 radical (unpaired) electrons. The number of hydrogen-bond donors (Lipinski definition) is 0. The van der Waals surface area contributed by atoms with Gasteiger partial charge in [0.1, 0.15) is 0 Å². The van der Waals surface area contributed by atoms with Gasteiger partial charge in [0.15, 0.2) is 0 Å². The summed E-state index contributed by atoms with van der Waals surface area (Å²) in [4.78, 5) is 0. The molecule has 1 aliphatic carbocycles. The molecule has 0 aliphatic heterocycles. The monoisotopic (exact) mass is 154 g/mol. The van der Waals surface area contributed by atoms with Crippen molar-refractivity contribution < 1.29 is 0 Å². The van der Waals surface area contributed by atoms with E-state index in [4.69, 9.17) is 0 Å². The summed E-state index contributed by atoms with van der Waals surface area (Å²) < 4.78 is 0. The second-order valence-electron chi connectivity index (χ2n) is 5.19. The third kappa shape index (κ3) is 2.50. The molecule has 0 nitrogen and oxygen atoms in total.